The van der Waals surface area contributed by atoms with Gasteiger partial charge in [0.2, 0.25) is 0 Å². The van der Waals surface area contributed by atoms with Crippen LogP contribution in [0.1, 0.15) is 0 Å². The second-order valence-corrected chi connectivity index (χ2v) is 0.894. The van der Waals surface area contributed by atoms with Crippen LogP contribution in [0.4, 0.5) is 0 Å². The zero-order chi connectivity index (χ0) is 14.3. The smallest absolute Gasteiger partial charge is 0.356 e. The van der Waals surface area contributed by atoms with Gasteiger partial charge in [-0.15, -0.1) is 0 Å². The quantitative estimate of drug-likeness (QED) is 0.283. The Bertz CT molecular complexity index is 164. The van der Waals surface area contributed by atoms with Crippen molar-refractivity contribution in [3.8, 4) is 0 Å². The van der Waals surface area contributed by atoms with E-state index in [1.54, 1.807) is 0 Å². The van der Waals surface area contributed by atoms with Gasteiger partial charge in [-0.25, -0.2) is 0 Å². The summed E-state index contributed by atoms with van der Waals surface area (Å²) < 4.78 is 0. The van der Waals surface area contributed by atoms with Crippen molar-refractivity contribution in [2.24, 2.45) is 0 Å². The van der Waals surface area contributed by atoms with Crippen molar-refractivity contribution in [3.05, 3.63) is 61.3 Å². The molecule has 0 saturated carbocycles. The Balaban J connectivity index is -0.0000000257. The van der Waals surface area contributed by atoms with Crippen molar-refractivity contribution in [1.29, 1.82) is 0 Å². The predicted octanol–water partition coefficient (Wildman–Crippen LogP) is -1.34. The summed E-state index contributed by atoms with van der Waals surface area (Å²) >= 11 is 0. The SMILES string of the molecule is O=[N+]([O-])[O-].O=[N+]([O-])[O-].O=[N+]([O-])[O-].O=[N+]([O-])[O-].[Co+2].[Mg+2]. The molecule has 103 valence electrons. The second-order valence-electron chi connectivity index (χ2n) is 0.894. The normalized spacial score (nSPS) is 5.33. The van der Waals surface area contributed by atoms with Crippen molar-refractivity contribution in [2.45, 2.75) is 0 Å². The fraction of sp³-hybridized carbons (Fsp3) is 0. The Hall–Kier alpha value is -1.93. The third-order valence-corrected chi connectivity index (χ3v) is 0. The molecule has 0 saturated heterocycles. The Morgan fingerprint density at radius 2 is 0.444 bits per heavy atom. The third kappa shape index (κ3) is 647. The molecule has 0 aromatic heterocycles. The Morgan fingerprint density at radius 1 is 0.444 bits per heavy atom. The van der Waals surface area contributed by atoms with Crippen molar-refractivity contribution >= 4 is 23.1 Å². The largest absolute Gasteiger partial charge is 2.00 e. The van der Waals surface area contributed by atoms with Gasteiger partial charge in [0.15, 0.2) is 0 Å². The maximum absolute atomic E-state index is 8.25. The summed E-state index contributed by atoms with van der Waals surface area (Å²) in [6.07, 6.45) is 0. The molecule has 18 heteroatoms. The van der Waals surface area contributed by atoms with E-state index in [9.17, 15) is 0 Å². The molecule has 18 heavy (non-hydrogen) atoms. The van der Waals surface area contributed by atoms with Crippen LogP contribution < -0.4 is 0 Å². The summed E-state index contributed by atoms with van der Waals surface area (Å²) in [5.74, 6) is 0. The molecule has 0 bridgehead atoms. The average molecular weight is 331 g/mol. The van der Waals surface area contributed by atoms with Crippen LogP contribution >= 0.6 is 0 Å². The molecule has 0 aliphatic carbocycles. The van der Waals surface area contributed by atoms with E-state index in [2.05, 4.69) is 0 Å². The van der Waals surface area contributed by atoms with Crippen LogP contribution in [0.25, 0.3) is 0 Å². The average Bonchev–Trinajstić information content (AvgIpc) is 1.76. The number of rotatable bonds is 0. The minimum absolute atomic E-state index is 0. The van der Waals surface area contributed by atoms with E-state index >= 15 is 0 Å². The van der Waals surface area contributed by atoms with Gasteiger partial charge in [-0.05, 0) is 0 Å². The topological polar surface area (TPSA) is 265 Å². The number of nitrogens with zero attached hydrogens (tertiary/aromatic N) is 4. The Kier molecular flexibility index (Phi) is 58.8. The van der Waals surface area contributed by atoms with Crippen LogP contribution in [-0.4, -0.2) is 43.4 Å². The first-order valence-corrected chi connectivity index (χ1v) is 2.19. The van der Waals surface area contributed by atoms with E-state index in [0.717, 1.165) is 0 Å². The molecule has 0 aromatic rings. The monoisotopic (exact) mass is 331 g/mol. The fourth-order valence-corrected chi connectivity index (χ4v) is 0. The molecule has 0 unspecified atom stereocenters. The van der Waals surface area contributed by atoms with Gasteiger partial charge in [0, 0.05) is 0 Å². The molecule has 0 aliphatic rings. The van der Waals surface area contributed by atoms with Crippen molar-refractivity contribution in [1.82, 2.24) is 0 Å². The third-order valence-electron chi connectivity index (χ3n) is 0. The minimum atomic E-state index is -1.75. The number of hydrogen-bond acceptors (Lipinski definition) is 12. The van der Waals surface area contributed by atoms with Crippen LogP contribution in [0.2, 0.25) is 0 Å². The molecular formula is CoMgN4O12. The summed E-state index contributed by atoms with van der Waals surface area (Å²) in [7, 11) is 0. The van der Waals surface area contributed by atoms with E-state index in [0.29, 0.717) is 0 Å². The molecule has 16 nitrogen and oxygen atoms in total. The van der Waals surface area contributed by atoms with Crippen molar-refractivity contribution in [2.75, 3.05) is 0 Å². The van der Waals surface area contributed by atoms with Crippen LogP contribution in [-0.2, 0) is 16.8 Å². The van der Waals surface area contributed by atoms with E-state index in [1.807, 2.05) is 0 Å². The molecule has 0 aromatic carbocycles. The van der Waals surface area contributed by atoms with Crippen molar-refractivity contribution < 1.29 is 37.1 Å². The predicted molar refractivity (Wildman–Crippen MR) is 47.2 cm³/mol. The molecule has 0 rings (SSSR count). The van der Waals surface area contributed by atoms with Crippen LogP contribution in [0, 0.1) is 61.3 Å². The zero-order valence-corrected chi connectivity index (χ0v) is 10.2. The molecule has 0 spiro atoms. The van der Waals surface area contributed by atoms with E-state index in [1.165, 1.54) is 0 Å². The van der Waals surface area contributed by atoms with Crippen LogP contribution in [0.15, 0.2) is 0 Å². The Labute approximate surface area is 122 Å². The molecule has 0 amide bonds. The van der Waals surface area contributed by atoms with Crippen LogP contribution in [0.5, 0.6) is 0 Å². The van der Waals surface area contributed by atoms with Gasteiger partial charge in [0.25, 0.3) is 0 Å². The van der Waals surface area contributed by atoms with Gasteiger partial charge < -0.3 is 61.3 Å². The first-order valence-electron chi connectivity index (χ1n) is 2.19. The molecule has 0 N–H and O–H groups in total. The van der Waals surface area contributed by atoms with E-state index < -0.39 is 20.3 Å². The summed E-state index contributed by atoms with van der Waals surface area (Å²) in [4.78, 5) is 33.0. The second kappa shape index (κ2) is 29.4. The molecule has 0 heterocycles. The molecule has 0 atom stereocenters. The molecule has 1 radical (unpaired) electrons. The van der Waals surface area contributed by atoms with Crippen molar-refractivity contribution in [3.63, 3.8) is 0 Å². The van der Waals surface area contributed by atoms with E-state index in [-0.39, 0.29) is 39.8 Å². The summed E-state index contributed by atoms with van der Waals surface area (Å²) in [5, 5.41) is 59.0. The standard InChI is InChI=1S/Co.Mg.4NO3/c;;4*2-1(3)4/q2*+2;4*-1. The maximum Gasteiger partial charge on any atom is 2.00 e. The first-order chi connectivity index (χ1) is 6.93. The van der Waals surface area contributed by atoms with Gasteiger partial charge >= 0.3 is 39.8 Å². The van der Waals surface area contributed by atoms with Gasteiger partial charge in [-0.1, -0.05) is 0 Å². The fourth-order valence-electron chi connectivity index (χ4n) is 0. The summed E-state index contributed by atoms with van der Waals surface area (Å²) in [6.45, 7) is 0. The molecule has 0 fully saturated rings. The van der Waals surface area contributed by atoms with Gasteiger partial charge in [0.1, 0.15) is 0 Å². The minimum Gasteiger partial charge on any atom is -0.356 e. The van der Waals surface area contributed by atoms with Gasteiger partial charge in [-0.3, -0.25) is 0 Å². The summed E-state index contributed by atoms with van der Waals surface area (Å²) in [5.41, 5.74) is 0. The maximum atomic E-state index is 8.25. The molecular weight excluding hydrogens is 331 g/mol. The van der Waals surface area contributed by atoms with Crippen LogP contribution in [0.3, 0.4) is 0 Å². The summed E-state index contributed by atoms with van der Waals surface area (Å²) in [6, 6.07) is 0. The first kappa shape index (κ1) is 36.0. The Morgan fingerprint density at radius 3 is 0.444 bits per heavy atom. The zero-order valence-electron chi connectivity index (χ0n) is 7.73. The number of hydrogen-bond donors (Lipinski definition) is 0. The van der Waals surface area contributed by atoms with Gasteiger partial charge in [-0.2, -0.15) is 0 Å². The molecule has 0 aliphatic heterocycles. The van der Waals surface area contributed by atoms with E-state index in [4.69, 9.17) is 61.3 Å². The van der Waals surface area contributed by atoms with Gasteiger partial charge in [0.05, 0.1) is 20.3 Å².